The van der Waals surface area contributed by atoms with Gasteiger partial charge >= 0.3 is 0 Å². The normalized spacial score (nSPS) is 15.8. The average molecular weight is 363 g/mol. The predicted molar refractivity (Wildman–Crippen MR) is 104 cm³/mol. The van der Waals surface area contributed by atoms with E-state index in [2.05, 4.69) is 11.0 Å². The van der Waals surface area contributed by atoms with E-state index in [-0.39, 0.29) is 11.9 Å². The lowest BCUT2D eigenvalue weighted by Crippen LogP contribution is -2.50. The number of piperazine rings is 1. The van der Waals surface area contributed by atoms with Crippen LogP contribution in [0.1, 0.15) is 22.7 Å². The van der Waals surface area contributed by atoms with Gasteiger partial charge in [-0.2, -0.15) is 5.26 Å². The minimum absolute atomic E-state index is 0.129. The van der Waals surface area contributed by atoms with Crippen molar-refractivity contribution in [1.82, 2.24) is 9.80 Å². The highest BCUT2D eigenvalue weighted by Crippen LogP contribution is 2.24. The van der Waals surface area contributed by atoms with E-state index in [1.165, 1.54) is 0 Å². The predicted octanol–water partition coefficient (Wildman–Crippen LogP) is 2.96. The number of aryl methyl sites for hydroxylation is 1. The largest absolute Gasteiger partial charge is 0.497 e. The van der Waals surface area contributed by atoms with Gasteiger partial charge in [-0.1, -0.05) is 36.4 Å². The summed E-state index contributed by atoms with van der Waals surface area (Å²) in [4.78, 5) is 16.7. The molecule has 1 heterocycles. The Labute approximate surface area is 160 Å². The first-order valence-corrected chi connectivity index (χ1v) is 9.22. The molecule has 1 amide bonds. The van der Waals surface area contributed by atoms with Crippen molar-refractivity contribution in [2.45, 2.75) is 19.4 Å². The third kappa shape index (κ3) is 4.47. The van der Waals surface area contributed by atoms with Crippen molar-refractivity contribution in [2.75, 3.05) is 33.3 Å². The van der Waals surface area contributed by atoms with Gasteiger partial charge < -0.3 is 9.64 Å². The van der Waals surface area contributed by atoms with Crippen molar-refractivity contribution in [3.05, 3.63) is 65.2 Å². The van der Waals surface area contributed by atoms with Crippen LogP contribution >= 0.6 is 0 Å². The van der Waals surface area contributed by atoms with E-state index < -0.39 is 0 Å². The molecule has 27 heavy (non-hydrogen) atoms. The number of rotatable bonds is 5. The fourth-order valence-electron chi connectivity index (χ4n) is 3.50. The Hall–Kier alpha value is -2.84. The Morgan fingerprint density at radius 2 is 1.78 bits per heavy atom. The van der Waals surface area contributed by atoms with Gasteiger partial charge in [0.05, 0.1) is 19.6 Å². The monoisotopic (exact) mass is 363 g/mol. The smallest absolute Gasteiger partial charge is 0.227 e. The van der Waals surface area contributed by atoms with Crippen LogP contribution in [-0.4, -0.2) is 49.0 Å². The number of nitrogens with zero attached hydrogens (tertiary/aromatic N) is 3. The quantitative estimate of drug-likeness (QED) is 0.820. The van der Waals surface area contributed by atoms with Crippen molar-refractivity contribution >= 4 is 5.91 Å². The zero-order valence-electron chi connectivity index (χ0n) is 15.9. The van der Waals surface area contributed by atoms with Crippen molar-refractivity contribution < 1.29 is 9.53 Å². The minimum Gasteiger partial charge on any atom is -0.497 e. The molecule has 1 unspecified atom stereocenters. The molecule has 0 bridgehead atoms. The summed E-state index contributed by atoms with van der Waals surface area (Å²) in [6, 6.07) is 17.8. The molecule has 2 aromatic rings. The summed E-state index contributed by atoms with van der Waals surface area (Å²) in [5.41, 5.74) is 3.16. The van der Waals surface area contributed by atoms with Gasteiger partial charge in [-0.05, 0) is 35.7 Å². The van der Waals surface area contributed by atoms with Crippen LogP contribution in [0.3, 0.4) is 0 Å². The first-order chi connectivity index (χ1) is 13.1. The van der Waals surface area contributed by atoms with E-state index in [4.69, 9.17) is 4.74 Å². The van der Waals surface area contributed by atoms with Gasteiger partial charge in [0.2, 0.25) is 5.91 Å². The van der Waals surface area contributed by atoms with Crippen LogP contribution in [-0.2, 0) is 11.2 Å². The summed E-state index contributed by atoms with van der Waals surface area (Å²) in [6.45, 7) is 4.76. The Morgan fingerprint density at radius 3 is 2.37 bits per heavy atom. The standard InChI is InChI=1S/C22H25N3O2/c1-17-5-3-4-6-20(17)21(16-23)24-11-13-25(14-12-24)22(26)15-18-7-9-19(27-2)10-8-18/h3-10,21H,11-15H2,1-2H3. The zero-order chi connectivity index (χ0) is 19.2. The van der Waals surface area contributed by atoms with Gasteiger partial charge in [0.15, 0.2) is 0 Å². The molecule has 0 radical (unpaired) electrons. The highest BCUT2D eigenvalue weighted by molar-refractivity contribution is 5.79. The molecule has 1 fully saturated rings. The van der Waals surface area contributed by atoms with E-state index in [1.54, 1.807) is 7.11 Å². The second kappa shape index (κ2) is 8.70. The second-order valence-corrected chi connectivity index (χ2v) is 6.83. The molecule has 0 aliphatic carbocycles. The maximum absolute atomic E-state index is 12.6. The van der Waals surface area contributed by atoms with Crippen LogP contribution in [0.2, 0.25) is 0 Å². The Balaban J connectivity index is 1.58. The SMILES string of the molecule is COc1ccc(CC(=O)N2CCN(C(C#N)c3ccccc3C)CC2)cc1. The lowest BCUT2D eigenvalue weighted by Gasteiger charge is -2.37. The van der Waals surface area contributed by atoms with Crippen LogP contribution in [0, 0.1) is 18.3 Å². The summed E-state index contributed by atoms with van der Waals surface area (Å²) in [6.07, 6.45) is 0.392. The maximum atomic E-state index is 12.6. The number of benzene rings is 2. The van der Waals surface area contributed by atoms with Crippen LogP contribution in [0.25, 0.3) is 0 Å². The second-order valence-electron chi connectivity index (χ2n) is 6.83. The van der Waals surface area contributed by atoms with Crippen LogP contribution in [0.5, 0.6) is 5.75 Å². The molecule has 140 valence electrons. The Bertz CT molecular complexity index is 818. The lowest BCUT2D eigenvalue weighted by atomic mass is 10.0. The van der Waals surface area contributed by atoms with E-state index >= 15 is 0 Å². The molecule has 1 aliphatic rings. The molecular weight excluding hydrogens is 338 g/mol. The van der Waals surface area contributed by atoms with Gasteiger partial charge in [0.25, 0.3) is 0 Å². The van der Waals surface area contributed by atoms with Gasteiger partial charge in [0.1, 0.15) is 11.8 Å². The van der Waals surface area contributed by atoms with E-state index in [9.17, 15) is 10.1 Å². The molecule has 5 heteroatoms. The Kier molecular flexibility index (Phi) is 6.10. The summed E-state index contributed by atoms with van der Waals surface area (Å²) < 4.78 is 5.15. The highest BCUT2D eigenvalue weighted by atomic mass is 16.5. The van der Waals surface area contributed by atoms with Crippen LogP contribution in [0.4, 0.5) is 0 Å². The fourth-order valence-corrected chi connectivity index (χ4v) is 3.50. The molecule has 1 atom stereocenters. The number of nitriles is 1. The minimum atomic E-state index is -0.259. The number of carbonyl (C=O) groups is 1. The number of hydrogen-bond donors (Lipinski definition) is 0. The third-order valence-corrected chi connectivity index (χ3v) is 5.15. The van der Waals surface area contributed by atoms with Crippen molar-refractivity contribution in [2.24, 2.45) is 0 Å². The molecule has 2 aromatic carbocycles. The maximum Gasteiger partial charge on any atom is 0.227 e. The van der Waals surface area contributed by atoms with Crippen LogP contribution < -0.4 is 4.74 Å². The number of carbonyl (C=O) groups excluding carboxylic acids is 1. The van der Waals surface area contributed by atoms with Crippen molar-refractivity contribution in [1.29, 1.82) is 5.26 Å². The number of amides is 1. The van der Waals surface area contributed by atoms with Gasteiger partial charge in [0, 0.05) is 26.2 Å². The number of hydrogen-bond acceptors (Lipinski definition) is 4. The first kappa shape index (κ1) is 18.9. The van der Waals surface area contributed by atoms with E-state index in [1.807, 2.05) is 60.4 Å². The van der Waals surface area contributed by atoms with Crippen LogP contribution in [0.15, 0.2) is 48.5 Å². The van der Waals surface area contributed by atoms with Gasteiger partial charge in [-0.25, -0.2) is 0 Å². The summed E-state index contributed by atoms with van der Waals surface area (Å²) >= 11 is 0. The van der Waals surface area contributed by atoms with E-state index in [0.29, 0.717) is 32.6 Å². The summed E-state index contributed by atoms with van der Waals surface area (Å²) in [5.74, 6) is 0.919. The molecule has 0 aromatic heterocycles. The van der Waals surface area contributed by atoms with Gasteiger partial charge in [-0.15, -0.1) is 0 Å². The highest BCUT2D eigenvalue weighted by Gasteiger charge is 2.27. The van der Waals surface area contributed by atoms with Gasteiger partial charge in [-0.3, -0.25) is 9.69 Å². The van der Waals surface area contributed by atoms with E-state index in [0.717, 1.165) is 22.4 Å². The zero-order valence-corrected chi connectivity index (χ0v) is 15.9. The topological polar surface area (TPSA) is 56.6 Å². The van der Waals surface area contributed by atoms with Crippen molar-refractivity contribution in [3.63, 3.8) is 0 Å². The summed E-state index contributed by atoms with van der Waals surface area (Å²) in [5, 5.41) is 9.69. The molecule has 1 aliphatic heterocycles. The first-order valence-electron chi connectivity index (χ1n) is 9.22. The fraction of sp³-hybridized carbons (Fsp3) is 0.364. The molecule has 3 rings (SSSR count). The number of ether oxygens (including phenoxy) is 1. The Morgan fingerprint density at radius 1 is 1.11 bits per heavy atom. The lowest BCUT2D eigenvalue weighted by molar-refractivity contribution is -0.132. The third-order valence-electron chi connectivity index (χ3n) is 5.15. The molecule has 0 N–H and O–H groups in total. The number of methoxy groups -OCH3 is 1. The molecular formula is C22H25N3O2. The molecule has 0 spiro atoms. The average Bonchev–Trinajstić information content (AvgIpc) is 2.71. The van der Waals surface area contributed by atoms with Crippen molar-refractivity contribution in [3.8, 4) is 11.8 Å². The summed E-state index contributed by atoms with van der Waals surface area (Å²) in [7, 11) is 1.63. The molecule has 5 nitrogen and oxygen atoms in total. The molecule has 0 saturated carbocycles. The molecule has 1 saturated heterocycles.